The van der Waals surface area contributed by atoms with Gasteiger partial charge in [-0.1, -0.05) is 23.7 Å². The highest BCUT2D eigenvalue weighted by molar-refractivity contribution is 7.10. The summed E-state index contributed by atoms with van der Waals surface area (Å²) in [6, 6.07) is 9.28. The zero-order chi connectivity index (χ0) is 13.9. The molecule has 0 radical (unpaired) electrons. The maximum atomic E-state index is 12.2. The second-order valence-electron chi connectivity index (χ2n) is 4.65. The van der Waals surface area contributed by atoms with Gasteiger partial charge >= 0.3 is 0 Å². The number of hydrogen-bond acceptors (Lipinski definition) is 3. The monoisotopic (exact) mass is 307 g/mol. The first-order chi connectivity index (χ1) is 9.74. The van der Waals surface area contributed by atoms with Crippen molar-refractivity contribution in [3.05, 3.63) is 51.2 Å². The zero-order valence-electron chi connectivity index (χ0n) is 10.8. The van der Waals surface area contributed by atoms with Crippen LogP contribution in [0.2, 0.25) is 5.02 Å². The molecule has 1 aromatic carbocycles. The van der Waals surface area contributed by atoms with E-state index in [-0.39, 0.29) is 12.5 Å². The van der Waals surface area contributed by atoms with Crippen LogP contribution in [0.15, 0.2) is 35.7 Å². The van der Waals surface area contributed by atoms with E-state index in [9.17, 15) is 4.79 Å². The van der Waals surface area contributed by atoms with Crippen LogP contribution in [0.25, 0.3) is 0 Å². The van der Waals surface area contributed by atoms with E-state index in [0.29, 0.717) is 17.3 Å². The first kappa shape index (κ1) is 13.5. The van der Waals surface area contributed by atoms with Crippen molar-refractivity contribution >= 4 is 28.8 Å². The number of thiophene rings is 1. The Bertz CT molecular complexity index is 626. The van der Waals surface area contributed by atoms with E-state index in [4.69, 9.17) is 16.3 Å². The molecule has 0 N–H and O–H groups in total. The van der Waals surface area contributed by atoms with Gasteiger partial charge in [-0.3, -0.25) is 4.79 Å². The van der Waals surface area contributed by atoms with Gasteiger partial charge in [0.2, 0.25) is 0 Å². The average Bonchev–Trinajstić information content (AvgIpc) is 2.93. The van der Waals surface area contributed by atoms with Crippen molar-refractivity contribution in [2.24, 2.45) is 0 Å². The number of carbonyl (C=O) groups excluding carboxylic acids is 1. The second-order valence-corrected chi connectivity index (χ2v) is 6.06. The van der Waals surface area contributed by atoms with Gasteiger partial charge in [0.05, 0.1) is 5.02 Å². The minimum atomic E-state index is 0.00164. The molecule has 1 aromatic heterocycles. The molecule has 0 bridgehead atoms. The minimum absolute atomic E-state index is 0.00164. The predicted molar refractivity (Wildman–Crippen MR) is 80.4 cm³/mol. The number of para-hydroxylation sites is 1. The van der Waals surface area contributed by atoms with Crippen molar-refractivity contribution in [1.82, 2.24) is 4.90 Å². The van der Waals surface area contributed by atoms with Crippen LogP contribution in [0, 0.1) is 0 Å². The third kappa shape index (κ3) is 2.81. The Morgan fingerprint density at radius 2 is 2.20 bits per heavy atom. The van der Waals surface area contributed by atoms with E-state index < -0.39 is 0 Å². The number of ether oxygens (including phenoxy) is 1. The number of benzene rings is 1. The highest BCUT2D eigenvalue weighted by atomic mass is 35.5. The summed E-state index contributed by atoms with van der Waals surface area (Å²) in [6.45, 7) is 1.48. The highest BCUT2D eigenvalue weighted by Gasteiger charge is 2.21. The van der Waals surface area contributed by atoms with Gasteiger partial charge in [-0.05, 0) is 35.6 Å². The fourth-order valence-corrected chi connectivity index (χ4v) is 3.33. The number of nitrogens with zero attached hydrogens (tertiary/aromatic N) is 1. The first-order valence-corrected chi connectivity index (χ1v) is 7.70. The topological polar surface area (TPSA) is 29.5 Å². The normalized spacial score (nSPS) is 13.9. The van der Waals surface area contributed by atoms with Crippen LogP contribution in [0.5, 0.6) is 5.75 Å². The van der Waals surface area contributed by atoms with E-state index in [2.05, 4.69) is 11.4 Å². The summed E-state index contributed by atoms with van der Waals surface area (Å²) in [4.78, 5) is 15.4. The lowest BCUT2D eigenvalue weighted by molar-refractivity contribution is -0.134. The Balaban J connectivity index is 1.59. The fourth-order valence-electron chi connectivity index (χ4n) is 2.25. The Labute approximate surface area is 126 Å². The number of rotatable bonds is 3. The van der Waals surface area contributed by atoms with Gasteiger partial charge in [0.1, 0.15) is 5.75 Å². The average molecular weight is 308 g/mol. The Morgan fingerprint density at radius 1 is 1.35 bits per heavy atom. The van der Waals surface area contributed by atoms with Crippen LogP contribution in [0.1, 0.15) is 10.4 Å². The molecule has 0 fully saturated rings. The summed E-state index contributed by atoms with van der Waals surface area (Å²) in [5, 5.41) is 2.61. The molecule has 104 valence electrons. The van der Waals surface area contributed by atoms with Gasteiger partial charge in [-0.2, -0.15) is 0 Å². The summed E-state index contributed by atoms with van der Waals surface area (Å²) >= 11 is 7.76. The highest BCUT2D eigenvalue weighted by Crippen LogP contribution is 2.25. The molecular weight excluding hydrogens is 294 g/mol. The van der Waals surface area contributed by atoms with Crippen LogP contribution in [0.4, 0.5) is 0 Å². The zero-order valence-corrected chi connectivity index (χ0v) is 12.4. The van der Waals surface area contributed by atoms with Crippen LogP contribution in [0.3, 0.4) is 0 Å². The molecule has 2 heterocycles. The molecule has 0 unspecified atom stereocenters. The van der Waals surface area contributed by atoms with Crippen LogP contribution in [-0.4, -0.2) is 24.0 Å². The molecular formula is C15H14ClNO2S. The molecule has 0 spiro atoms. The first-order valence-electron chi connectivity index (χ1n) is 6.44. The van der Waals surface area contributed by atoms with Crippen molar-refractivity contribution in [3.63, 3.8) is 0 Å². The van der Waals surface area contributed by atoms with Gasteiger partial charge in [-0.15, -0.1) is 11.3 Å². The fraction of sp³-hybridized carbons (Fsp3) is 0.267. The maximum Gasteiger partial charge on any atom is 0.260 e. The van der Waals surface area contributed by atoms with E-state index in [1.807, 2.05) is 17.0 Å². The standard InChI is InChI=1S/C15H14ClNO2S/c16-12-3-1-2-4-13(12)19-10-15(18)17-7-5-14-11(9-17)6-8-20-14/h1-4,6,8H,5,7,9-10H2. The lowest BCUT2D eigenvalue weighted by Crippen LogP contribution is -2.38. The van der Waals surface area contributed by atoms with Crippen molar-refractivity contribution < 1.29 is 9.53 Å². The molecule has 0 saturated carbocycles. The van der Waals surface area contributed by atoms with Gasteiger partial charge in [0.25, 0.3) is 5.91 Å². The molecule has 1 amide bonds. The molecule has 3 nitrogen and oxygen atoms in total. The number of fused-ring (bicyclic) bond motifs is 1. The van der Waals surface area contributed by atoms with Crippen LogP contribution in [-0.2, 0) is 17.8 Å². The minimum Gasteiger partial charge on any atom is -0.482 e. The molecule has 20 heavy (non-hydrogen) atoms. The third-order valence-corrected chi connectivity index (χ3v) is 4.68. The van der Waals surface area contributed by atoms with Crippen LogP contribution >= 0.6 is 22.9 Å². The summed E-state index contributed by atoms with van der Waals surface area (Å²) in [6.07, 6.45) is 0.935. The van der Waals surface area contributed by atoms with Gasteiger partial charge < -0.3 is 9.64 Å². The Kier molecular flexibility index (Phi) is 3.94. The van der Waals surface area contributed by atoms with Gasteiger partial charge in [-0.25, -0.2) is 0 Å². The second kappa shape index (κ2) is 5.85. The number of halogens is 1. The molecule has 2 aromatic rings. The van der Waals surface area contributed by atoms with E-state index in [1.165, 1.54) is 10.4 Å². The largest absolute Gasteiger partial charge is 0.482 e. The number of amides is 1. The SMILES string of the molecule is O=C(COc1ccccc1Cl)N1CCc2sccc2C1. The molecule has 0 atom stereocenters. The molecule has 0 aliphatic carbocycles. The van der Waals surface area contributed by atoms with Crippen molar-refractivity contribution in [2.45, 2.75) is 13.0 Å². The summed E-state index contributed by atoms with van der Waals surface area (Å²) in [5.41, 5.74) is 1.26. The molecule has 1 aliphatic heterocycles. The quantitative estimate of drug-likeness (QED) is 0.870. The summed E-state index contributed by atoms with van der Waals surface area (Å²) < 4.78 is 5.50. The van der Waals surface area contributed by atoms with Gasteiger partial charge in [0.15, 0.2) is 6.61 Å². The number of hydrogen-bond donors (Lipinski definition) is 0. The van der Waals surface area contributed by atoms with E-state index >= 15 is 0 Å². The summed E-state index contributed by atoms with van der Waals surface area (Å²) in [7, 11) is 0. The molecule has 0 saturated heterocycles. The Morgan fingerprint density at radius 3 is 3.05 bits per heavy atom. The molecule has 3 rings (SSSR count). The lowest BCUT2D eigenvalue weighted by atomic mass is 10.1. The Hall–Kier alpha value is -1.52. The summed E-state index contributed by atoms with van der Waals surface area (Å²) in [5.74, 6) is 0.553. The lowest BCUT2D eigenvalue weighted by Gasteiger charge is -2.27. The predicted octanol–water partition coefficient (Wildman–Crippen LogP) is 3.37. The smallest absolute Gasteiger partial charge is 0.260 e. The van der Waals surface area contributed by atoms with Crippen LogP contribution < -0.4 is 4.74 Å². The molecule has 1 aliphatic rings. The maximum absolute atomic E-state index is 12.2. The van der Waals surface area contributed by atoms with Crippen molar-refractivity contribution in [2.75, 3.05) is 13.2 Å². The van der Waals surface area contributed by atoms with Crippen molar-refractivity contribution in [3.8, 4) is 5.75 Å². The van der Waals surface area contributed by atoms with E-state index in [1.54, 1.807) is 23.5 Å². The molecule has 5 heteroatoms. The van der Waals surface area contributed by atoms with E-state index in [0.717, 1.165) is 13.0 Å². The van der Waals surface area contributed by atoms with Crippen molar-refractivity contribution in [1.29, 1.82) is 0 Å². The number of carbonyl (C=O) groups is 1. The van der Waals surface area contributed by atoms with Gasteiger partial charge in [0, 0.05) is 18.0 Å². The third-order valence-electron chi connectivity index (χ3n) is 3.35.